The number of carbonyl (C=O) groups is 1. The van der Waals surface area contributed by atoms with Gasteiger partial charge in [0.25, 0.3) is 0 Å². The Morgan fingerprint density at radius 3 is 3.05 bits per heavy atom. The molecule has 1 aromatic carbocycles. The van der Waals surface area contributed by atoms with Crippen molar-refractivity contribution < 1.29 is 19.0 Å². The summed E-state index contributed by atoms with van der Waals surface area (Å²) in [6.07, 6.45) is 1.33. The van der Waals surface area contributed by atoms with Crippen molar-refractivity contribution in [3.63, 3.8) is 0 Å². The van der Waals surface area contributed by atoms with Gasteiger partial charge in [0.2, 0.25) is 0 Å². The zero-order chi connectivity index (χ0) is 15.3. The molecule has 2 aliphatic heterocycles. The van der Waals surface area contributed by atoms with Crippen LogP contribution in [0.1, 0.15) is 30.4 Å². The van der Waals surface area contributed by atoms with E-state index in [1.54, 1.807) is 6.07 Å². The van der Waals surface area contributed by atoms with Crippen LogP contribution in [0, 0.1) is 5.82 Å². The molecule has 4 atom stereocenters. The molecule has 2 bridgehead atoms. The van der Waals surface area contributed by atoms with Crippen LogP contribution in [-0.4, -0.2) is 47.1 Å². The molecule has 4 aliphatic rings. The Morgan fingerprint density at radius 1 is 1.41 bits per heavy atom. The molecule has 2 heterocycles. The minimum absolute atomic E-state index is 0.00331. The molecule has 4 nitrogen and oxygen atoms in total. The van der Waals surface area contributed by atoms with Gasteiger partial charge >= 0.3 is 0 Å². The molecule has 0 aromatic heterocycles. The molecular formula is C17H18FNO3. The molecule has 5 rings (SSSR count). The first-order valence-corrected chi connectivity index (χ1v) is 7.93. The fraction of sp³-hybridized carbons (Fsp3) is 0.588. The summed E-state index contributed by atoms with van der Waals surface area (Å²) in [4.78, 5) is 14.7. The van der Waals surface area contributed by atoms with Crippen molar-refractivity contribution in [2.75, 3.05) is 13.6 Å². The van der Waals surface area contributed by atoms with Gasteiger partial charge in [-0.15, -0.1) is 0 Å². The van der Waals surface area contributed by atoms with Gasteiger partial charge in [-0.25, -0.2) is 4.39 Å². The highest BCUT2D eigenvalue weighted by Crippen LogP contribution is 2.63. The molecule has 22 heavy (non-hydrogen) atoms. The lowest BCUT2D eigenvalue weighted by atomic mass is 9.49. The monoisotopic (exact) mass is 302 g/mol. The Hall–Kier alpha value is -1.46. The van der Waals surface area contributed by atoms with Gasteiger partial charge in [0.1, 0.15) is 0 Å². The number of likely N-dealkylation sites (N-methyl/N-ethyl adjacent to an activating group) is 1. The molecule has 1 saturated heterocycles. The third-order valence-electron chi connectivity index (χ3n) is 6.50. The summed E-state index contributed by atoms with van der Waals surface area (Å²) in [7, 11) is 2.02. The molecule has 116 valence electrons. The van der Waals surface area contributed by atoms with Crippen LogP contribution in [0.5, 0.6) is 5.75 Å². The van der Waals surface area contributed by atoms with Crippen LogP contribution >= 0.6 is 0 Å². The molecule has 0 amide bonds. The molecule has 1 spiro atoms. The fourth-order valence-electron chi connectivity index (χ4n) is 5.52. The minimum Gasteiger partial charge on any atom is -0.478 e. The highest BCUT2D eigenvalue weighted by molar-refractivity contribution is 5.89. The van der Waals surface area contributed by atoms with E-state index < -0.39 is 22.9 Å². The second-order valence-electron chi connectivity index (χ2n) is 7.22. The predicted octanol–water partition coefficient (Wildman–Crippen LogP) is 1.18. The maximum absolute atomic E-state index is 14.3. The summed E-state index contributed by atoms with van der Waals surface area (Å²) in [5, 5.41) is 11.6. The van der Waals surface area contributed by atoms with E-state index in [2.05, 4.69) is 4.90 Å². The normalized spacial score (nSPS) is 42.0. The van der Waals surface area contributed by atoms with E-state index in [4.69, 9.17) is 4.74 Å². The van der Waals surface area contributed by atoms with Crippen molar-refractivity contribution in [1.82, 2.24) is 4.90 Å². The topological polar surface area (TPSA) is 49.8 Å². The number of carbonyl (C=O) groups excluding carboxylic acids is 1. The van der Waals surface area contributed by atoms with Gasteiger partial charge in [0, 0.05) is 18.0 Å². The number of hydrogen-bond acceptors (Lipinski definition) is 4. The molecule has 1 aromatic rings. The molecule has 0 unspecified atom stereocenters. The van der Waals surface area contributed by atoms with Crippen LogP contribution in [0.2, 0.25) is 0 Å². The lowest BCUT2D eigenvalue weighted by Gasteiger charge is -2.61. The van der Waals surface area contributed by atoms with Crippen LogP contribution in [0.15, 0.2) is 12.1 Å². The van der Waals surface area contributed by atoms with E-state index in [0.29, 0.717) is 25.7 Å². The van der Waals surface area contributed by atoms with E-state index in [0.717, 1.165) is 17.7 Å². The summed E-state index contributed by atoms with van der Waals surface area (Å²) < 4.78 is 20.1. The number of aliphatic hydroxyl groups is 1. The number of benzene rings is 1. The van der Waals surface area contributed by atoms with E-state index in [1.165, 1.54) is 6.07 Å². The number of ether oxygens (including phenoxy) is 1. The first-order chi connectivity index (χ1) is 10.5. The molecule has 1 saturated carbocycles. The highest BCUT2D eigenvalue weighted by atomic mass is 18.2. The second kappa shape index (κ2) is 3.71. The van der Waals surface area contributed by atoms with Gasteiger partial charge in [-0.1, -0.05) is 6.07 Å². The Bertz CT molecular complexity index is 720. The zero-order valence-corrected chi connectivity index (χ0v) is 12.4. The number of halogens is 1. The number of piperidine rings is 1. The highest BCUT2D eigenvalue weighted by Gasteiger charge is 2.72. The molecule has 2 fully saturated rings. The maximum Gasteiger partial charge on any atom is 0.174 e. The molecule has 2 aliphatic carbocycles. The third-order valence-corrected chi connectivity index (χ3v) is 6.50. The third kappa shape index (κ3) is 1.15. The first-order valence-electron chi connectivity index (χ1n) is 7.93. The summed E-state index contributed by atoms with van der Waals surface area (Å²) in [5.74, 6) is -0.217. The molecular weight excluding hydrogens is 284 g/mol. The quantitative estimate of drug-likeness (QED) is 0.782. The molecule has 0 radical (unpaired) electrons. The largest absolute Gasteiger partial charge is 0.478 e. The van der Waals surface area contributed by atoms with E-state index in [1.807, 2.05) is 7.05 Å². The van der Waals surface area contributed by atoms with Crippen molar-refractivity contribution in [1.29, 1.82) is 0 Å². The van der Waals surface area contributed by atoms with Gasteiger partial charge in [-0.3, -0.25) is 4.79 Å². The number of nitrogens with zero attached hydrogens (tertiary/aromatic N) is 1. The Balaban J connectivity index is 1.88. The summed E-state index contributed by atoms with van der Waals surface area (Å²) in [6.45, 7) is 0.787. The fourth-order valence-corrected chi connectivity index (χ4v) is 5.52. The smallest absolute Gasteiger partial charge is 0.174 e. The van der Waals surface area contributed by atoms with Gasteiger partial charge in [0.05, 0.1) is 11.0 Å². The average Bonchev–Trinajstić information content (AvgIpc) is 2.85. The van der Waals surface area contributed by atoms with Crippen LogP contribution in [0.25, 0.3) is 0 Å². The van der Waals surface area contributed by atoms with Gasteiger partial charge < -0.3 is 14.7 Å². The lowest BCUT2D eigenvalue weighted by Crippen LogP contribution is -2.76. The van der Waals surface area contributed by atoms with Crippen molar-refractivity contribution in [2.24, 2.45) is 0 Å². The number of hydrogen-bond donors (Lipinski definition) is 1. The predicted molar refractivity (Wildman–Crippen MR) is 76.4 cm³/mol. The number of ketones is 1. The summed E-state index contributed by atoms with van der Waals surface area (Å²) in [6, 6.07) is 3.18. The van der Waals surface area contributed by atoms with Crippen molar-refractivity contribution in [2.45, 2.75) is 48.8 Å². The number of rotatable bonds is 0. The number of likely N-dealkylation sites (tertiary alicyclic amines) is 1. The van der Waals surface area contributed by atoms with Crippen LogP contribution in [0.4, 0.5) is 4.39 Å². The first kappa shape index (κ1) is 13.0. The van der Waals surface area contributed by atoms with E-state index >= 15 is 0 Å². The van der Waals surface area contributed by atoms with Gasteiger partial charge in [0.15, 0.2) is 23.5 Å². The van der Waals surface area contributed by atoms with Crippen molar-refractivity contribution in [3.8, 4) is 5.75 Å². The van der Waals surface area contributed by atoms with Crippen molar-refractivity contribution >= 4 is 5.78 Å². The van der Waals surface area contributed by atoms with Crippen LogP contribution < -0.4 is 4.74 Å². The van der Waals surface area contributed by atoms with Crippen LogP contribution in [-0.2, 0) is 16.6 Å². The van der Waals surface area contributed by atoms with E-state index in [-0.39, 0.29) is 17.6 Å². The maximum atomic E-state index is 14.3. The lowest BCUT2D eigenvalue weighted by molar-refractivity contribution is -0.185. The summed E-state index contributed by atoms with van der Waals surface area (Å²) >= 11 is 0. The summed E-state index contributed by atoms with van der Waals surface area (Å²) in [5.41, 5.74) is 0.0297. The molecule has 1 N–H and O–H groups in total. The van der Waals surface area contributed by atoms with Crippen molar-refractivity contribution in [3.05, 3.63) is 29.1 Å². The zero-order valence-electron chi connectivity index (χ0n) is 12.4. The Morgan fingerprint density at radius 2 is 2.23 bits per heavy atom. The average molecular weight is 302 g/mol. The Labute approximate surface area is 127 Å². The van der Waals surface area contributed by atoms with Gasteiger partial charge in [-0.05, 0) is 44.5 Å². The van der Waals surface area contributed by atoms with Gasteiger partial charge in [-0.2, -0.15) is 0 Å². The van der Waals surface area contributed by atoms with E-state index in [9.17, 15) is 14.3 Å². The SMILES string of the molecule is CN1CC[C@]23c4c5ccc([18F])c4O[C@H]2C(=O)CC[C@@]3(O)[C@H]1C5. The van der Waals surface area contributed by atoms with Crippen LogP contribution in [0.3, 0.4) is 0 Å². The molecule has 5 heteroatoms. The standard InChI is InChI=1S/C17H18FNO3/c1-19-7-6-16-13-9-2-3-10(18)14(13)22-15(16)11(20)4-5-17(16,21)12(19)8-9/h2-3,12,15,21H,4-8H2,1H3/t12-,15+,16+,17-/m1/s1/i18-1. The minimum atomic E-state index is -1.01. The Kier molecular flexibility index (Phi) is 2.20. The number of Topliss-reactive ketones (excluding diaryl/α,β-unsaturated/α-hetero) is 1. The second-order valence-corrected chi connectivity index (χ2v) is 7.22.